The van der Waals surface area contributed by atoms with Crippen molar-refractivity contribution in [3.8, 4) is 0 Å². The molecule has 1 aliphatic heterocycles. The van der Waals surface area contributed by atoms with E-state index in [1.54, 1.807) is 11.8 Å². The van der Waals surface area contributed by atoms with Gasteiger partial charge in [0.2, 0.25) is 0 Å². The molecule has 0 amide bonds. The lowest BCUT2D eigenvalue weighted by Crippen LogP contribution is -3.00. The number of aliphatic imine (C=N–C) groups is 1. The van der Waals surface area contributed by atoms with E-state index in [9.17, 15) is 0 Å². The highest BCUT2D eigenvalue weighted by atomic mass is 35.5. The fourth-order valence-electron chi connectivity index (χ4n) is 0.659. The summed E-state index contributed by atoms with van der Waals surface area (Å²) >= 11 is 1.67. The lowest BCUT2D eigenvalue weighted by molar-refractivity contribution is -0.00000181. The van der Waals surface area contributed by atoms with E-state index in [-0.39, 0.29) is 12.4 Å². The van der Waals surface area contributed by atoms with Crippen molar-refractivity contribution in [1.82, 2.24) is 0 Å². The minimum atomic E-state index is 0. The molecule has 0 radical (unpaired) electrons. The summed E-state index contributed by atoms with van der Waals surface area (Å²) in [7, 11) is 0. The predicted molar refractivity (Wildman–Crippen MR) is 38.2 cm³/mol. The van der Waals surface area contributed by atoms with Gasteiger partial charge < -0.3 is 18.1 Å². The number of rotatable bonds is 0. The lowest BCUT2D eigenvalue weighted by atomic mass is 10.3. The maximum Gasteiger partial charge on any atom is 0.154 e. The molecule has 0 bridgehead atoms. The van der Waals surface area contributed by atoms with Crippen LogP contribution >= 0.6 is 11.8 Å². The molecule has 0 spiro atoms. The second-order valence-electron chi connectivity index (χ2n) is 1.94. The summed E-state index contributed by atoms with van der Waals surface area (Å²) in [5.74, 6) is 0. The second kappa shape index (κ2) is 4.01. The molecule has 0 fully saturated rings. The van der Waals surface area contributed by atoms with Crippen LogP contribution < -0.4 is 18.1 Å². The molecule has 0 saturated carbocycles. The highest BCUT2D eigenvalue weighted by Gasteiger charge is 2.08. The van der Waals surface area contributed by atoms with Crippen LogP contribution in [0.1, 0.15) is 13.3 Å². The summed E-state index contributed by atoms with van der Waals surface area (Å²) in [5, 5.41) is 1.43. The molecule has 0 aliphatic carbocycles. The van der Waals surface area contributed by atoms with E-state index in [1.165, 1.54) is 6.42 Å². The molecule has 54 valence electrons. The molecule has 0 aromatic rings. The summed E-state index contributed by atoms with van der Waals surface area (Å²) in [4.78, 5) is 4.04. The van der Waals surface area contributed by atoms with Gasteiger partial charge in [-0.3, -0.25) is 4.99 Å². The highest BCUT2D eigenvalue weighted by Crippen LogP contribution is 2.17. The van der Waals surface area contributed by atoms with E-state index in [0.717, 1.165) is 11.7 Å². The third-order valence-corrected chi connectivity index (χ3v) is 2.13. The van der Waals surface area contributed by atoms with Crippen molar-refractivity contribution in [2.45, 2.75) is 18.6 Å². The molecule has 9 heavy (non-hydrogen) atoms. The van der Waals surface area contributed by atoms with Gasteiger partial charge in [-0.25, -0.2) is 0 Å². The van der Waals surface area contributed by atoms with Gasteiger partial charge in [-0.15, -0.1) is 0 Å². The molecule has 1 heterocycles. The third kappa shape index (κ3) is 2.96. The molecule has 1 aliphatic rings. The van der Waals surface area contributed by atoms with Crippen molar-refractivity contribution in [1.29, 1.82) is 0 Å². The number of hydrogen-bond donors (Lipinski definition) is 1. The number of nitrogens with two attached hydrogens (primary N) is 1. The smallest absolute Gasteiger partial charge is 0.154 e. The SMILES string of the molecule is CC1CCN=C(N)S1.[Cl-]. The summed E-state index contributed by atoms with van der Waals surface area (Å²) in [6.45, 7) is 3.09. The maximum atomic E-state index is 5.44. The van der Waals surface area contributed by atoms with Gasteiger partial charge in [0.15, 0.2) is 5.17 Å². The zero-order valence-corrected chi connectivity index (χ0v) is 6.87. The van der Waals surface area contributed by atoms with Gasteiger partial charge in [0.1, 0.15) is 0 Å². The monoisotopic (exact) mass is 165 g/mol. The summed E-state index contributed by atoms with van der Waals surface area (Å²) < 4.78 is 0. The molecule has 2 nitrogen and oxygen atoms in total. The molecule has 2 N–H and O–H groups in total. The normalized spacial score (nSPS) is 26.3. The van der Waals surface area contributed by atoms with Gasteiger partial charge >= 0.3 is 0 Å². The number of hydrogen-bond acceptors (Lipinski definition) is 3. The van der Waals surface area contributed by atoms with Crippen molar-refractivity contribution in [3.63, 3.8) is 0 Å². The van der Waals surface area contributed by atoms with Crippen molar-refractivity contribution in [2.75, 3.05) is 6.54 Å². The van der Waals surface area contributed by atoms with Crippen LogP contribution in [-0.2, 0) is 0 Å². The third-order valence-electron chi connectivity index (χ3n) is 1.13. The first-order valence-corrected chi connectivity index (χ1v) is 3.63. The topological polar surface area (TPSA) is 38.4 Å². The number of halogens is 1. The van der Waals surface area contributed by atoms with Crippen molar-refractivity contribution >= 4 is 16.9 Å². The Bertz CT molecular complexity index is 116. The standard InChI is InChI=1S/C5H10N2S.ClH/c1-4-2-3-7-5(6)8-4;/h4H,2-3H2,1H3,(H2,6,7);1H/p-1. The fourth-order valence-corrected chi connectivity index (χ4v) is 1.46. The second-order valence-corrected chi connectivity index (χ2v) is 3.40. The molecule has 0 aromatic carbocycles. The Morgan fingerprint density at radius 3 is 2.78 bits per heavy atom. The van der Waals surface area contributed by atoms with Crippen LogP contribution in [0.15, 0.2) is 4.99 Å². The Kier molecular flexibility index (Phi) is 4.06. The number of nitrogens with zero attached hydrogens (tertiary/aromatic N) is 1. The molecule has 0 saturated heterocycles. The zero-order valence-electron chi connectivity index (χ0n) is 5.30. The first-order chi connectivity index (χ1) is 3.79. The quantitative estimate of drug-likeness (QED) is 0.444. The number of amidine groups is 1. The number of thioether (sulfide) groups is 1. The Balaban J connectivity index is 0.000000640. The van der Waals surface area contributed by atoms with E-state index in [1.807, 2.05) is 0 Å². The minimum absolute atomic E-state index is 0. The minimum Gasteiger partial charge on any atom is -1.00 e. The Morgan fingerprint density at radius 1 is 1.78 bits per heavy atom. The summed E-state index contributed by atoms with van der Waals surface area (Å²) in [5.41, 5.74) is 5.44. The average Bonchev–Trinajstić information content (AvgIpc) is 1.64. The summed E-state index contributed by atoms with van der Waals surface area (Å²) in [6.07, 6.45) is 1.17. The van der Waals surface area contributed by atoms with Crippen LogP contribution in [0.5, 0.6) is 0 Å². The predicted octanol–water partition coefficient (Wildman–Crippen LogP) is -2.17. The van der Waals surface area contributed by atoms with E-state index in [2.05, 4.69) is 11.9 Å². The van der Waals surface area contributed by atoms with E-state index in [4.69, 9.17) is 5.73 Å². The van der Waals surface area contributed by atoms with Crippen molar-refractivity contribution in [3.05, 3.63) is 0 Å². The van der Waals surface area contributed by atoms with E-state index >= 15 is 0 Å². The van der Waals surface area contributed by atoms with Crippen LogP contribution in [0.25, 0.3) is 0 Å². The molecular formula is C5H10ClN2S-. The van der Waals surface area contributed by atoms with Crippen LogP contribution in [0.3, 0.4) is 0 Å². The van der Waals surface area contributed by atoms with E-state index < -0.39 is 0 Å². The zero-order chi connectivity index (χ0) is 5.98. The molecule has 1 atom stereocenters. The van der Waals surface area contributed by atoms with Gasteiger partial charge in [0, 0.05) is 11.8 Å². The van der Waals surface area contributed by atoms with Crippen molar-refractivity contribution in [2.24, 2.45) is 10.7 Å². The first kappa shape index (κ1) is 9.11. The molecule has 0 aromatic heterocycles. The van der Waals surface area contributed by atoms with Gasteiger partial charge in [-0.05, 0) is 6.42 Å². The largest absolute Gasteiger partial charge is 1.00 e. The van der Waals surface area contributed by atoms with Gasteiger partial charge in [0.05, 0.1) is 0 Å². The van der Waals surface area contributed by atoms with Crippen LogP contribution in [0, 0.1) is 0 Å². The Labute approximate surface area is 65.7 Å². The average molecular weight is 166 g/mol. The maximum absolute atomic E-state index is 5.44. The molecule has 1 unspecified atom stereocenters. The Morgan fingerprint density at radius 2 is 2.44 bits per heavy atom. The van der Waals surface area contributed by atoms with E-state index in [0.29, 0.717) is 5.25 Å². The molecular weight excluding hydrogens is 156 g/mol. The van der Waals surface area contributed by atoms with Crippen LogP contribution in [0.2, 0.25) is 0 Å². The highest BCUT2D eigenvalue weighted by molar-refractivity contribution is 8.14. The van der Waals surface area contributed by atoms with Gasteiger partial charge in [-0.2, -0.15) is 0 Å². The van der Waals surface area contributed by atoms with Crippen molar-refractivity contribution < 1.29 is 12.4 Å². The van der Waals surface area contributed by atoms with Gasteiger partial charge in [-0.1, -0.05) is 18.7 Å². The van der Waals surface area contributed by atoms with Gasteiger partial charge in [0.25, 0.3) is 0 Å². The van der Waals surface area contributed by atoms with Crippen LogP contribution in [-0.4, -0.2) is 17.0 Å². The summed E-state index contributed by atoms with van der Waals surface area (Å²) in [6, 6.07) is 0. The molecule has 1 rings (SSSR count). The lowest BCUT2D eigenvalue weighted by Gasteiger charge is -2.13. The molecule has 4 heteroatoms. The first-order valence-electron chi connectivity index (χ1n) is 2.75. The Hall–Kier alpha value is 0.110. The van der Waals surface area contributed by atoms with Crippen LogP contribution in [0.4, 0.5) is 0 Å². The fraction of sp³-hybridized carbons (Fsp3) is 0.800.